The molecule has 0 spiro atoms. The Morgan fingerprint density at radius 3 is 1.83 bits per heavy atom. The van der Waals surface area contributed by atoms with E-state index in [-0.39, 0.29) is 22.5 Å². The molecule has 3 rings (SSSR count). The molecule has 7 nitrogen and oxygen atoms in total. The first-order valence-electron chi connectivity index (χ1n) is 8.65. The minimum atomic E-state index is -1.40. The van der Waals surface area contributed by atoms with Gasteiger partial charge in [0.15, 0.2) is 0 Å². The van der Waals surface area contributed by atoms with E-state index in [1.165, 1.54) is 31.4 Å². The molecule has 0 aliphatic carbocycles. The molecule has 0 unspecified atom stereocenters. The summed E-state index contributed by atoms with van der Waals surface area (Å²) >= 11 is 0. The summed E-state index contributed by atoms with van der Waals surface area (Å²) in [5.41, 5.74) is 0.831. The smallest absolute Gasteiger partial charge is 0.257 e. The molecule has 0 saturated heterocycles. The van der Waals surface area contributed by atoms with Crippen LogP contribution in [0.1, 0.15) is 31.1 Å². The zero-order valence-electron chi connectivity index (χ0n) is 15.5. The van der Waals surface area contributed by atoms with E-state index in [1.807, 2.05) is 0 Å². The van der Waals surface area contributed by atoms with Crippen molar-refractivity contribution in [3.05, 3.63) is 89.5 Å². The average Bonchev–Trinajstić information content (AvgIpc) is 2.74. The lowest BCUT2D eigenvalue weighted by molar-refractivity contribution is -0.254. The van der Waals surface area contributed by atoms with Crippen LogP contribution in [0.25, 0.3) is 0 Å². The van der Waals surface area contributed by atoms with E-state index in [0.717, 1.165) is 0 Å². The van der Waals surface area contributed by atoms with E-state index >= 15 is 0 Å². The second-order valence-electron chi connectivity index (χ2n) is 6.02. The molecule has 29 heavy (non-hydrogen) atoms. The highest BCUT2D eigenvalue weighted by Gasteiger charge is 2.15. The number of nitrogens with one attached hydrogen (secondary N) is 2. The number of hydrogen-bond donors (Lipinski definition) is 2. The van der Waals surface area contributed by atoms with Gasteiger partial charge < -0.3 is 25.3 Å². The molecule has 0 heterocycles. The van der Waals surface area contributed by atoms with E-state index in [0.29, 0.717) is 11.3 Å². The van der Waals surface area contributed by atoms with Crippen LogP contribution in [-0.4, -0.2) is 24.9 Å². The van der Waals surface area contributed by atoms with Crippen LogP contribution in [0.2, 0.25) is 0 Å². The Morgan fingerprint density at radius 2 is 1.24 bits per heavy atom. The number of carboxylic acid groups (broad SMARTS) is 1. The number of carbonyl (C=O) groups excluding carboxylic acids is 3. The van der Waals surface area contributed by atoms with Gasteiger partial charge in [0.1, 0.15) is 5.75 Å². The van der Waals surface area contributed by atoms with Gasteiger partial charge in [-0.05, 0) is 42.5 Å². The van der Waals surface area contributed by atoms with Crippen molar-refractivity contribution in [2.75, 3.05) is 17.7 Å². The van der Waals surface area contributed by atoms with Crippen LogP contribution in [-0.2, 0) is 0 Å². The minimum Gasteiger partial charge on any atom is -0.545 e. The number of amides is 2. The SMILES string of the molecule is COc1ccc(C(=O)Nc2ccccc2C(=O)Nc2ccccc2C(=O)[O-])cc1. The number of aromatic carboxylic acids is 1. The first kappa shape index (κ1) is 19.6. The molecule has 2 amide bonds. The van der Waals surface area contributed by atoms with E-state index in [2.05, 4.69) is 10.6 Å². The first-order chi connectivity index (χ1) is 14.0. The van der Waals surface area contributed by atoms with Gasteiger partial charge in [-0.15, -0.1) is 0 Å². The molecule has 0 aliphatic heterocycles. The summed E-state index contributed by atoms with van der Waals surface area (Å²) in [5.74, 6) is -1.75. The zero-order chi connectivity index (χ0) is 20.8. The molecule has 146 valence electrons. The van der Waals surface area contributed by atoms with Crippen LogP contribution in [0.4, 0.5) is 11.4 Å². The molecule has 0 atom stereocenters. The van der Waals surface area contributed by atoms with Gasteiger partial charge in [0.2, 0.25) is 0 Å². The van der Waals surface area contributed by atoms with Crippen molar-refractivity contribution in [2.24, 2.45) is 0 Å². The van der Waals surface area contributed by atoms with E-state index < -0.39 is 17.8 Å². The number of ether oxygens (including phenoxy) is 1. The minimum absolute atomic E-state index is 0.105. The summed E-state index contributed by atoms with van der Waals surface area (Å²) in [4.78, 5) is 36.5. The van der Waals surface area contributed by atoms with Gasteiger partial charge in [0, 0.05) is 11.1 Å². The number of carboxylic acids is 1. The van der Waals surface area contributed by atoms with Gasteiger partial charge in [-0.25, -0.2) is 0 Å². The number of para-hydroxylation sites is 2. The Labute approximate surface area is 166 Å². The Morgan fingerprint density at radius 1 is 0.724 bits per heavy atom. The summed E-state index contributed by atoms with van der Waals surface area (Å²) in [6.07, 6.45) is 0. The molecule has 0 aromatic heterocycles. The second-order valence-corrected chi connectivity index (χ2v) is 6.02. The number of carbonyl (C=O) groups is 3. The monoisotopic (exact) mass is 389 g/mol. The molecular formula is C22H17N2O5-. The van der Waals surface area contributed by atoms with E-state index in [9.17, 15) is 19.5 Å². The quantitative estimate of drug-likeness (QED) is 0.674. The summed E-state index contributed by atoms with van der Waals surface area (Å²) in [7, 11) is 1.53. The van der Waals surface area contributed by atoms with E-state index in [4.69, 9.17) is 4.74 Å². The van der Waals surface area contributed by atoms with Crippen LogP contribution in [0.15, 0.2) is 72.8 Å². The summed E-state index contributed by atoms with van der Waals surface area (Å²) in [6, 6.07) is 18.9. The topological polar surface area (TPSA) is 108 Å². The van der Waals surface area contributed by atoms with Crippen molar-refractivity contribution in [2.45, 2.75) is 0 Å². The lowest BCUT2D eigenvalue weighted by atomic mass is 10.1. The van der Waals surface area contributed by atoms with E-state index in [1.54, 1.807) is 48.5 Å². The Hall–Kier alpha value is -4.13. The molecule has 3 aromatic rings. The highest BCUT2D eigenvalue weighted by atomic mass is 16.5. The van der Waals surface area contributed by atoms with Crippen LogP contribution in [0.5, 0.6) is 5.75 Å². The van der Waals surface area contributed by atoms with Crippen molar-refractivity contribution in [3.8, 4) is 5.75 Å². The fourth-order valence-electron chi connectivity index (χ4n) is 2.69. The van der Waals surface area contributed by atoms with Gasteiger partial charge in [-0.1, -0.05) is 30.3 Å². The number of benzene rings is 3. The maximum Gasteiger partial charge on any atom is 0.257 e. The first-order valence-corrected chi connectivity index (χ1v) is 8.65. The highest BCUT2D eigenvalue weighted by molar-refractivity contribution is 6.13. The number of hydrogen-bond acceptors (Lipinski definition) is 5. The standard InChI is InChI=1S/C22H18N2O5/c1-29-15-12-10-14(11-13-15)20(25)23-18-8-4-2-6-16(18)21(26)24-19-9-5-3-7-17(19)22(27)28/h2-13H,1H3,(H,23,25)(H,24,26)(H,27,28)/p-1. The third-order valence-electron chi connectivity index (χ3n) is 4.17. The van der Waals surface area contributed by atoms with Crippen molar-refractivity contribution in [1.29, 1.82) is 0 Å². The predicted molar refractivity (Wildman–Crippen MR) is 106 cm³/mol. The lowest BCUT2D eigenvalue weighted by Gasteiger charge is -2.14. The number of rotatable bonds is 6. The van der Waals surface area contributed by atoms with Crippen molar-refractivity contribution in [1.82, 2.24) is 0 Å². The normalized spacial score (nSPS) is 10.1. The third kappa shape index (κ3) is 4.59. The van der Waals surface area contributed by atoms with Crippen molar-refractivity contribution in [3.63, 3.8) is 0 Å². The molecular weight excluding hydrogens is 372 g/mol. The average molecular weight is 389 g/mol. The number of methoxy groups -OCH3 is 1. The van der Waals surface area contributed by atoms with Crippen LogP contribution >= 0.6 is 0 Å². The molecule has 3 aromatic carbocycles. The number of anilines is 2. The third-order valence-corrected chi connectivity index (χ3v) is 4.17. The maximum absolute atomic E-state index is 12.7. The largest absolute Gasteiger partial charge is 0.545 e. The predicted octanol–water partition coefficient (Wildman–Crippen LogP) is 2.56. The van der Waals surface area contributed by atoms with Crippen LogP contribution in [0.3, 0.4) is 0 Å². The van der Waals surface area contributed by atoms with Crippen LogP contribution in [0, 0.1) is 0 Å². The fourth-order valence-corrected chi connectivity index (χ4v) is 2.69. The van der Waals surface area contributed by atoms with Crippen LogP contribution < -0.4 is 20.5 Å². The Balaban J connectivity index is 1.82. The summed E-state index contributed by atoms with van der Waals surface area (Å²) < 4.78 is 5.07. The summed E-state index contributed by atoms with van der Waals surface area (Å²) in [5, 5.41) is 16.5. The Kier molecular flexibility index (Phi) is 5.89. The van der Waals surface area contributed by atoms with Crippen molar-refractivity contribution >= 4 is 29.2 Å². The molecule has 2 N–H and O–H groups in total. The molecule has 0 aliphatic rings. The molecule has 0 fully saturated rings. The second kappa shape index (κ2) is 8.71. The van der Waals surface area contributed by atoms with Gasteiger partial charge in [0.25, 0.3) is 11.8 Å². The van der Waals surface area contributed by atoms with Gasteiger partial charge in [-0.3, -0.25) is 9.59 Å². The molecule has 0 bridgehead atoms. The zero-order valence-corrected chi connectivity index (χ0v) is 15.5. The molecule has 0 radical (unpaired) electrons. The Bertz CT molecular complexity index is 1060. The summed E-state index contributed by atoms with van der Waals surface area (Å²) in [6.45, 7) is 0. The molecule has 7 heteroatoms. The lowest BCUT2D eigenvalue weighted by Crippen LogP contribution is -2.25. The molecule has 0 saturated carbocycles. The highest BCUT2D eigenvalue weighted by Crippen LogP contribution is 2.21. The fraction of sp³-hybridized carbons (Fsp3) is 0.0455. The van der Waals surface area contributed by atoms with Gasteiger partial charge in [-0.2, -0.15) is 0 Å². The van der Waals surface area contributed by atoms with Gasteiger partial charge in [0.05, 0.1) is 30.0 Å². The van der Waals surface area contributed by atoms with Crippen molar-refractivity contribution < 1.29 is 24.2 Å². The van der Waals surface area contributed by atoms with Gasteiger partial charge >= 0.3 is 0 Å². The maximum atomic E-state index is 12.7.